The zero-order valence-corrected chi connectivity index (χ0v) is 51.7. The number of unbranched alkanes of at least 4 members (excludes halogenated alkanes) is 20. The summed E-state index contributed by atoms with van der Waals surface area (Å²) in [6.07, 6.45) is 84.0. The van der Waals surface area contributed by atoms with E-state index < -0.39 is 24.3 Å². The van der Waals surface area contributed by atoms with Crippen LogP contribution in [0.3, 0.4) is 0 Å². The van der Waals surface area contributed by atoms with Crippen molar-refractivity contribution in [2.45, 2.75) is 251 Å². The van der Waals surface area contributed by atoms with Crippen LogP contribution in [0.15, 0.2) is 134 Å². The molecule has 0 aromatic rings. The first-order chi connectivity index (χ1) is 39.1. The second kappa shape index (κ2) is 60.5. The normalized spacial score (nSPS) is 13.7. The minimum absolute atomic E-state index is 0.179. The van der Waals surface area contributed by atoms with Gasteiger partial charge < -0.3 is 28.5 Å². The Morgan fingerprint density at radius 2 is 0.713 bits per heavy atom. The van der Waals surface area contributed by atoms with Gasteiger partial charge in [-0.3, -0.25) is 9.59 Å². The predicted molar refractivity (Wildman–Crippen MR) is 341 cm³/mol. The first-order valence-electron chi connectivity index (χ1n) is 31.8. The van der Waals surface area contributed by atoms with Crippen LogP contribution < -0.4 is 0 Å². The highest BCUT2D eigenvalue weighted by atomic mass is 16.7. The Balaban J connectivity index is 4.20. The molecule has 0 spiro atoms. The third-order valence-corrected chi connectivity index (χ3v) is 13.1. The second-order valence-electron chi connectivity index (χ2n) is 22.0. The molecule has 0 saturated heterocycles. The minimum Gasteiger partial charge on any atom is -0.477 e. The van der Waals surface area contributed by atoms with E-state index in [2.05, 4.69) is 148 Å². The molecule has 0 aliphatic rings. The minimum atomic E-state index is -1.52. The molecule has 0 amide bonds. The lowest BCUT2D eigenvalue weighted by Gasteiger charge is -2.25. The Labute approximate surface area is 490 Å². The van der Waals surface area contributed by atoms with E-state index in [4.69, 9.17) is 18.9 Å². The predicted octanol–water partition coefficient (Wildman–Crippen LogP) is 19.4. The molecule has 0 aliphatic carbocycles. The molecular formula is C71H118NO8+. The summed E-state index contributed by atoms with van der Waals surface area (Å²) in [4.78, 5) is 37.4. The van der Waals surface area contributed by atoms with Gasteiger partial charge in [-0.2, -0.15) is 0 Å². The summed E-state index contributed by atoms with van der Waals surface area (Å²) < 4.78 is 22.9. The Morgan fingerprint density at radius 3 is 1.07 bits per heavy atom. The van der Waals surface area contributed by atoms with E-state index in [0.717, 1.165) is 128 Å². The Kier molecular flexibility index (Phi) is 57.1. The smallest absolute Gasteiger partial charge is 0.361 e. The number of esters is 2. The molecule has 1 N–H and O–H groups in total. The summed E-state index contributed by atoms with van der Waals surface area (Å²) in [7, 11) is 5.96. The fourth-order valence-electron chi connectivity index (χ4n) is 8.27. The number of quaternary nitrogens is 1. The Bertz CT molecular complexity index is 1770. The first-order valence-corrected chi connectivity index (χ1v) is 31.8. The highest BCUT2D eigenvalue weighted by Gasteiger charge is 2.25. The van der Waals surface area contributed by atoms with Crippen molar-refractivity contribution in [1.82, 2.24) is 0 Å². The van der Waals surface area contributed by atoms with E-state index in [-0.39, 0.29) is 38.6 Å². The summed E-state index contributed by atoms with van der Waals surface area (Å²) >= 11 is 0. The van der Waals surface area contributed by atoms with Crippen LogP contribution >= 0.6 is 0 Å². The van der Waals surface area contributed by atoms with E-state index in [0.29, 0.717) is 17.4 Å². The van der Waals surface area contributed by atoms with Crippen LogP contribution in [-0.2, 0) is 33.3 Å². The maximum atomic E-state index is 12.9. The van der Waals surface area contributed by atoms with Crippen LogP contribution in [0.1, 0.15) is 239 Å². The molecule has 0 saturated carbocycles. The fourth-order valence-corrected chi connectivity index (χ4v) is 8.27. The van der Waals surface area contributed by atoms with Crippen molar-refractivity contribution in [3.63, 3.8) is 0 Å². The van der Waals surface area contributed by atoms with Crippen molar-refractivity contribution >= 4 is 17.9 Å². The molecular weight excluding hydrogens is 995 g/mol. The van der Waals surface area contributed by atoms with Crippen molar-refractivity contribution in [2.75, 3.05) is 47.5 Å². The van der Waals surface area contributed by atoms with Gasteiger partial charge in [-0.25, -0.2) is 4.79 Å². The molecule has 2 atom stereocenters. The van der Waals surface area contributed by atoms with Gasteiger partial charge in [-0.15, -0.1) is 0 Å². The Morgan fingerprint density at radius 1 is 0.388 bits per heavy atom. The second-order valence-corrected chi connectivity index (χ2v) is 22.0. The quantitative estimate of drug-likeness (QED) is 0.0211. The molecule has 0 radical (unpaired) electrons. The van der Waals surface area contributed by atoms with Gasteiger partial charge >= 0.3 is 17.9 Å². The summed E-state index contributed by atoms with van der Waals surface area (Å²) in [6.45, 7) is 4.73. The van der Waals surface area contributed by atoms with Crippen LogP contribution in [0.4, 0.5) is 0 Å². The van der Waals surface area contributed by atoms with Crippen molar-refractivity contribution in [3.05, 3.63) is 134 Å². The number of rotatable bonds is 57. The molecule has 0 fully saturated rings. The van der Waals surface area contributed by atoms with E-state index in [1.807, 2.05) is 21.1 Å². The van der Waals surface area contributed by atoms with Crippen LogP contribution in [-0.4, -0.2) is 87.4 Å². The topological polar surface area (TPSA) is 108 Å². The molecule has 454 valence electrons. The van der Waals surface area contributed by atoms with E-state index in [1.54, 1.807) is 0 Å². The first kappa shape index (κ1) is 75.4. The largest absolute Gasteiger partial charge is 0.477 e. The number of carboxylic acid groups (broad SMARTS) is 1. The number of carboxylic acids is 1. The lowest BCUT2D eigenvalue weighted by molar-refractivity contribution is -0.870. The third kappa shape index (κ3) is 61.1. The molecule has 9 nitrogen and oxygen atoms in total. The molecule has 0 bridgehead atoms. The van der Waals surface area contributed by atoms with E-state index in [1.165, 1.54) is 77.0 Å². The maximum absolute atomic E-state index is 12.9. The zero-order chi connectivity index (χ0) is 58.3. The molecule has 80 heavy (non-hydrogen) atoms. The molecule has 2 unspecified atom stereocenters. The van der Waals surface area contributed by atoms with Crippen molar-refractivity contribution < 1.29 is 42.9 Å². The van der Waals surface area contributed by atoms with E-state index in [9.17, 15) is 19.5 Å². The van der Waals surface area contributed by atoms with Gasteiger partial charge in [-0.1, -0.05) is 244 Å². The summed E-state index contributed by atoms with van der Waals surface area (Å²) in [5, 5.41) is 9.71. The van der Waals surface area contributed by atoms with Gasteiger partial charge in [0.1, 0.15) is 13.2 Å². The van der Waals surface area contributed by atoms with Gasteiger partial charge in [0.15, 0.2) is 6.10 Å². The molecule has 0 aromatic heterocycles. The number of allylic oxidation sites excluding steroid dienone is 22. The number of carbonyl (C=O) groups excluding carboxylic acids is 2. The van der Waals surface area contributed by atoms with Crippen molar-refractivity contribution in [2.24, 2.45) is 0 Å². The molecule has 9 heteroatoms. The standard InChI is InChI=1S/C71H117NO8/c1-6-8-10-12-14-16-18-20-22-24-25-26-27-28-29-30-31-32-33-34-35-36-37-38-39-40-41-42-43-44-45-46-48-50-52-54-56-58-60-62-69(74)80-67(66-79-71(70(75)76)77-64-63-72(3,4)5)65-78-68(73)61-59-57-55-53-51-49-47-23-21-19-17-15-13-11-9-7-2/h8,10,14,16,20,22-23,25-26,28-29,31-32,34-35,37-38,40-41,43-44,47,67,71H,6-7,9,11-13,15,17-19,21,24,27,30,33,36,39,42,45-46,48-66H2,1-5H3/p+1/b10-8-,16-14-,22-20-,26-25-,29-28-,32-31-,35-34-,38-37-,41-40-,44-43-,47-23-. The molecule has 0 heterocycles. The van der Waals surface area contributed by atoms with Crippen LogP contribution in [0.2, 0.25) is 0 Å². The van der Waals surface area contributed by atoms with Gasteiger partial charge in [0.05, 0.1) is 34.4 Å². The molecule has 0 rings (SSSR count). The van der Waals surface area contributed by atoms with Gasteiger partial charge in [0.2, 0.25) is 0 Å². The summed E-state index contributed by atoms with van der Waals surface area (Å²) in [5.74, 6) is -2.04. The summed E-state index contributed by atoms with van der Waals surface area (Å²) in [6, 6.07) is 0. The number of nitrogens with zero attached hydrogens (tertiary/aromatic N) is 1. The Hall–Kier alpha value is -4.57. The van der Waals surface area contributed by atoms with Crippen LogP contribution in [0, 0.1) is 0 Å². The average molecular weight is 1110 g/mol. The SMILES string of the molecule is CC/C=C\C/C=C\C/C=C\C/C=C\C/C=C\C/C=C\C/C=C\C/C=C\C/C=C\C/C=C\CCCCCCCCCCC(=O)OC(COC(=O)CCCCCCC/C=C\CCCCCCCCC)COC(OCC[N+](C)(C)C)C(=O)O. The van der Waals surface area contributed by atoms with Crippen LogP contribution in [0.25, 0.3) is 0 Å². The fraction of sp³-hybridized carbons (Fsp3) is 0.648. The van der Waals surface area contributed by atoms with Gasteiger partial charge in [0.25, 0.3) is 6.29 Å². The lowest BCUT2D eigenvalue weighted by atomic mass is 10.1. The average Bonchev–Trinajstić information content (AvgIpc) is 3.43. The monoisotopic (exact) mass is 1110 g/mol. The van der Waals surface area contributed by atoms with Crippen molar-refractivity contribution in [1.29, 1.82) is 0 Å². The lowest BCUT2D eigenvalue weighted by Crippen LogP contribution is -2.40. The molecule has 0 aromatic carbocycles. The van der Waals surface area contributed by atoms with Gasteiger partial charge in [0, 0.05) is 12.8 Å². The highest BCUT2D eigenvalue weighted by molar-refractivity contribution is 5.71. The number of aliphatic carboxylic acids is 1. The number of ether oxygens (including phenoxy) is 4. The van der Waals surface area contributed by atoms with Crippen LogP contribution in [0.5, 0.6) is 0 Å². The number of hydrogen-bond donors (Lipinski definition) is 1. The number of hydrogen-bond acceptors (Lipinski definition) is 7. The van der Waals surface area contributed by atoms with Crippen molar-refractivity contribution in [3.8, 4) is 0 Å². The number of carbonyl (C=O) groups is 3. The molecule has 0 aliphatic heterocycles. The third-order valence-electron chi connectivity index (χ3n) is 13.1. The number of likely N-dealkylation sites (N-methyl/N-ethyl adjacent to an activating group) is 1. The zero-order valence-electron chi connectivity index (χ0n) is 51.7. The maximum Gasteiger partial charge on any atom is 0.361 e. The summed E-state index contributed by atoms with van der Waals surface area (Å²) in [5.41, 5.74) is 0. The van der Waals surface area contributed by atoms with E-state index >= 15 is 0 Å². The highest BCUT2D eigenvalue weighted by Crippen LogP contribution is 2.15. The van der Waals surface area contributed by atoms with Gasteiger partial charge in [-0.05, 0) is 116 Å².